The van der Waals surface area contributed by atoms with Gasteiger partial charge in [-0.05, 0) is 31.0 Å². The number of hydrogen-bond acceptors (Lipinski definition) is 4. The molecule has 0 saturated carbocycles. The third-order valence-corrected chi connectivity index (χ3v) is 3.42. The summed E-state index contributed by atoms with van der Waals surface area (Å²) in [5.41, 5.74) is 0.692. The van der Waals surface area contributed by atoms with Crippen LogP contribution in [0.3, 0.4) is 0 Å². The lowest BCUT2D eigenvalue weighted by molar-refractivity contribution is 0.279. The smallest absolute Gasteiger partial charge is 0.141 e. The Bertz CT molecular complexity index is 741. The van der Waals surface area contributed by atoms with Crippen molar-refractivity contribution >= 4 is 6.21 Å². The van der Waals surface area contributed by atoms with Gasteiger partial charge in [0.15, 0.2) is 0 Å². The average Bonchev–Trinajstić information content (AvgIpc) is 2.90. The Balaban J connectivity index is 1.97. The molecule has 3 rings (SSSR count). The quantitative estimate of drug-likeness (QED) is 0.521. The lowest BCUT2D eigenvalue weighted by Crippen LogP contribution is -2.31. The summed E-state index contributed by atoms with van der Waals surface area (Å²) >= 11 is 0. The second-order valence-corrected chi connectivity index (χ2v) is 4.94. The summed E-state index contributed by atoms with van der Waals surface area (Å²) in [7, 11) is 0. The van der Waals surface area contributed by atoms with Gasteiger partial charge < -0.3 is 5.21 Å². The van der Waals surface area contributed by atoms with E-state index >= 15 is 0 Å². The number of fused-ring (bicyclic) bond motifs is 1. The molecular weight excluding hydrogens is 259 g/mol. The van der Waals surface area contributed by atoms with E-state index in [4.69, 9.17) is 9.32 Å². The van der Waals surface area contributed by atoms with Crippen molar-refractivity contribution in [1.82, 2.24) is 14.8 Å². The van der Waals surface area contributed by atoms with Crippen molar-refractivity contribution in [1.29, 1.82) is 0 Å². The van der Waals surface area contributed by atoms with E-state index in [-0.39, 0.29) is 6.54 Å². The summed E-state index contributed by atoms with van der Waals surface area (Å²) in [6.07, 6.45) is 3.01. The summed E-state index contributed by atoms with van der Waals surface area (Å²) in [5.74, 6) is -0.432. The summed E-state index contributed by atoms with van der Waals surface area (Å²) in [5, 5.41) is 16.2. The summed E-state index contributed by atoms with van der Waals surface area (Å²) in [4.78, 5) is 3.99. The molecule has 0 aliphatic carbocycles. The lowest BCUT2D eigenvalue weighted by Gasteiger charge is -2.29. The minimum Gasteiger partial charge on any atom is -0.411 e. The van der Waals surface area contributed by atoms with Gasteiger partial charge in [0.1, 0.15) is 11.5 Å². The molecule has 1 atom stereocenters. The molecule has 1 N–H and O–H groups in total. The molecule has 1 aliphatic rings. The zero-order chi connectivity index (χ0) is 16.7. The number of oxime groups is 1. The second kappa shape index (κ2) is 4.70. The molecule has 0 spiro atoms. The molecule has 3 heterocycles. The van der Waals surface area contributed by atoms with E-state index in [1.807, 2.05) is 6.07 Å². The number of nitrogens with zero attached hydrogens (tertiary/aromatic N) is 4. The lowest BCUT2D eigenvalue weighted by atomic mass is 9.83. The largest absolute Gasteiger partial charge is 0.411 e. The van der Waals surface area contributed by atoms with E-state index in [0.717, 1.165) is 18.1 Å². The van der Waals surface area contributed by atoms with Gasteiger partial charge in [0.2, 0.25) is 0 Å². The van der Waals surface area contributed by atoms with Crippen molar-refractivity contribution in [3.05, 3.63) is 35.9 Å². The molecule has 0 aromatic carbocycles. The van der Waals surface area contributed by atoms with Crippen molar-refractivity contribution in [3.63, 3.8) is 0 Å². The number of aryl methyl sites for hydroxylation is 1. The zero-order valence-electron chi connectivity index (χ0n) is 13.6. The van der Waals surface area contributed by atoms with Crippen molar-refractivity contribution in [3.8, 4) is 11.4 Å². The normalized spacial score (nSPS) is 24.9. The number of pyridine rings is 1. The van der Waals surface area contributed by atoms with E-state index < -0.39 is 18.1 Å². The van der Waals surface area contributed by atoms with Gasteiger partial charge in [-0.3, -0.25) is 9.67 Å². The molecule has 2 aromatic heterocycles. The Morgan fingerprint density at radius 2 is 2.45 bits per heavy atom. The van der Waals surface area contributed by atoms with Crippen LogP contribution in [0.4, 0.5) is 4.39 Å². The summed E-state index contributed by atoms with van der Waals surface area (Å²) in [6, 6.07) is 4.64. The number of halogens is 1. The van der Waals surface area contributed by atoms with Gasteiger partial charge >= 0.3 is 0 Å². The number of hydrogen-bond donors (Lipinski definition) is 1. The van der Waals surface area contributed by atoms with E-state index in [9.17, 15) is 4.39 Å². The molecule has 5 nitrogen and oxygen atoms in total. The molecule has 6 heteroatoms. The minimum absolute atomic E-state index is 0.0874. The van der Waals surface area contributed by atoms with Gasteiger partial charge in [-0.15, -0.1) is 5.16 Å². The predicted octanol–water partition coefficient (Wildman–Crippen LogP) is 2.50. The Morgan fingerprint density at radius 1 is 1.55 bits per heavy atom. The fraction of sp³-hybridized carbons (Fsp3) is 0.357. The highest BCUT2D eigenvalue weighted by Gasteiger charge is 2.30. The Hall–Kier alpha value is -2.24. The Labute approximate surface area is 120 Å². The maximum Gasteiger partial charge on any atom is 0.141 e. The first kappa shape index (κ1) is 9.63. The van der Waals surface area contributed by atoms with Crippen molar-refractivity contribution in [2.45, 2.75) is 26.2 Å². The predicted molar refractivity (Wildman–Crippen MR) is 72.1 cm³/mol. The monoisotopic (exact) mass is 277 g/mol. The van der Waals surface area contributed by atoms with E-state index in [1.54, 1.807) is 4.68 Å². The molecule has 20 heavy (non-hydrogen) atoms. The van der Waals surface area contributed by atoms with Crippen LogP contribution >= 0.6 is 0 Å². The molecule has 1 unspecified atom stereocenters. The molecule has 2 aromatic rings. The SMILES string of the molecule is [2H]C([2H])([2H])C1(/C=N/O)CCc2cc(-c3ccc(F)cn3)nn2C1. The first-order chi connectivity index (χ1) is 10.8. The highest BCUT2D eigenvalue weighted by molar-refractivity contribution is 5.65. The van der Waals surface area contributed by atoms with Crippen LogP contribution < -0.4 is 0 Å². The molecule has 0 bridgehead atoms. The average molecular weight is 277 g/mol. The van der Waals surface area contributed by atoms with Crippen LogP contribution in [0.1, 0.15) is 23.1 Å². The summed E-state index contributed by atoms with van der Waals surface area (Å²) < 4.78 is 37.8. The Morgan fingerprint density at radius 3 is 3.15 bits per heavy atom. The van der Waals surface area contributed by atoms with Crippen molar-refractivity contribution < 1.29 is 13.7 Å². The zero-order valence-corrected chi connectivity index (χ0v) is 10.6. The number of rotatable bonds is 2. The molecule has 0 fully saturated rings. The standard InChI is InChI=1S/C14H15FN4O/c1-14(8-17-20)5-4-11-6-13(18-19(11)9-14)12-3-2-10(15)7-16-12/h2-3,6-8,20H,4-5,9H2,1H3/b17-8+/i1D3. The van der Waals surface area contributed by atoms with Crippen LogP contribution in [-0.4, -0.2) is 26.2 Å². The van der Waals surface area contributed by atoms with Gasteiger partial charge in [-0.1, -0.05) is 6.85 Å². The van der Waals surface area contributed by atoms with Crippen LogP contribution in [0.25, 0.3) is 11.4 Å². The molecule has 1 aliphatic heterocycles. The third-order valence-electron chi connectivity index (χ3n) is 3.42. The van der Waals surface area contributed by atoms with Crippen LogP contribution in [0.2, 0.25) is 0 Å². The van der Waals surface area contributed by atoms with Crippen LogP contribution in [0.5, 0.6) is 0 Å². The first-order valence-electron chi connectivity index (χ1n) is 7.72. The molecule has 0 saturated heterocycles. The maximum atomic E-state index is 13.0. The van der Waals surface area contributed by atoms with Crippen LogP contribution in [-0.2, 0) is 13.0 Å². The molecule has 104 valence electrons. The van der Waals surface area contributed by atoms with Gasteiger partial charge in [-0.25, -0.2) is 4.39 Å². The van der Waals surface area contributed by atoms with Crippen molar-refractivity contribution in [2.24, 2.45) is 10.6 Å². The highest BCUT2D eigenvalue weighted by atomic mass is 19.1. The van der Waals surface area contributed by atoms with Gasteiger partial charge in [0.25, 0.3) is 0 Å². The first-order valence-corrected chi connectivity index (χ1v) is 6.22. The maximum absolute atomic E-state index is 13.0. The number of aromatic nitrogens is 3. The third kappa shape index (κ3) is 2.29. The van der Waals surface area contributed by atoms with E-state index in [0.29, 0.717) is 24.2 Å². The van der Waals surface area contributed by atoms with Gasteiger partial charge in [0.05, 0.1) is 24.7 Å². The van der Waals surface area contributed by atoms with E-state index in [1.165, 1.54) is 12.1 Å². The Kier molecular flexibility index (Phi) is 2.26. The fourth-order valence-corrected chi connectivity index (χ4v) is 2.36. The summed E-state index contributed by atoms with van der Waals surface area (Å²) in [6.45, 7) is -2.22. The molecule has 0 radical (unpaired) electrons. The fourth-order valence-electron chi connectivity index (χ4n) is 2.36. The van der Waals surface area contributed by atoms with Crippen LogP contribution in [0.15, 0.2) is 29.6 Å². The minimum atomic E-state index is -2.31. The van der Waals surface area contributed by atoms with Crippen LogP contribution in [0, 0.1) is 11.2 Å². The molecular formula is C14H15FN4O. The second-order valence-electron chi connectivity index (χ2n) is 4.94. The van der Waals surface area contributed by atoms with Crippen molar-refractivity contribution in [2.75, 3.05) is 0 Å². The molecule has 0 amide bonds. The topological polar surface area (TPSA) is 63.3 Å². The van der Waals surface area contributed by atoms with E-state index in [2.05, 4.69) is 15.2 Å². The van der Waals surface area contributed by atoms with Gasteiger partial charge in [0, 0.05) is 15.2 Å². The van der Waals surface area contributed by atoms with Gasteiger partial charge in [-0.2, -0.15) is 5.10 Å². The highest BCUT2D eigenvalue weighted by Crippen LogP contribution is 2.31.